The van der Waals surface area contributed by atoms with Gasteiger partial charge in [-0.15, -0.1) is 0 Å². The zero-order valence-electron chi connectivity index (χ0n) is 13.7. The van der Waals surface area contributed by atoms with E-state index in [0.29, 0.717) is 0 Å². The van der Waals surface area contributed by atoms with Crippen LogP contribution < -0.4 is 5.32 Å². The molecule has 1 aromatic carbocycles. The second-order valence-corrected chi connectivity index (χ2v) is 5.73. The highest BCUT2D eigenvalue weighted by atomic mass is 19.4. The van der Waals surface area contributed by atoms with Crippen molar-refractivity contribution in [2.24, 2.45) is 5.92 Å². The summed E-state index contributed by atoms with van der Waals surface area (Å²) in [6.07, 6.45) is -2.99. The van der Waals surface area contributed by atoms with E-state index in [-0.39, 0.29) is 18.5 Å². The first-order chi connectivity index (χ1) is 12.2. The normalized spacial score (nSPS) is 12.5. The molecule has 2 rings (SSSR count). The number of carboxylic acid groups (broad SMARTS) is 1. The van der Waals surface area contributed by atoms with Gasteiger partial charge in [0, 0.05) is 18.9 Å². The van der Waals surface area contributed by atoms with Crippen LogP contribution in [0, 0.1) is 12.8 Å². The number of nitrogens with zero attached hydrogens (tertiary/aromatic N) is 2. The number of amides is 1. The molecule has 26 heavy (non-hydrogen) atoms. The van der Waals surface area contributed by atoms with Crippen LogP contribution in [0.15, 0.2) is 36.7 Å². The van der Waals surface area contributed by atoms with Crippen LogP contribution in [0.25, 0.3) is 0 Å². The van der Waals surface area contributed by atoms with E-state index >= 15 is 0 Å². The fourth-order valence-corrected chi connectivity index (χ4v) is 2.28. The molecule has 1 atom stereocenters. The van der Waals surface area contributed by atoms with Gasteiger partial charge in [0.25, 0.3) is 5.91 Å². The number of benzene rings is 1. The first kappa shape index (κ1) is 19.4. The van der Waals surface area contributed by atoms with Gasteiger partial charge in [-0.1, -0.05) is 29.8 Å². The summed E-state index contributed by atoms with van der Waals surface area (Å²) in [4.78, 5) is 29.6. The number of hydrogen-bond donors (Lipinski definition) is 2. The molecule has 1 aromatic heterocycles. The molecule has 0 bridgehead atoms. The van der Waals surface area contributed by atoms with Crippen molar-refractivity contribution < 1.29 is 27.9 Å². The zero-order valence-corrected chi connectivity index (χ0v) is 13.7. The van der Waals surface area contributed by atoms with E-state index in [1.54, 1.807) is 6.07 Å². The summed E-state index contributed by atoms with van der Waals surface area (Å²) in [5.41, 5.74) is 1.61. The predicted octanol–water partition coefficient (Wildman–Crippen LogP) is 2.48. The fourth-order valence-electron chi connectivity index (χ4n) is 2.28. The van der Waals surface area contributed by atoms with E-state index in [1.807, 2.05) is 25.1 Å². The lowest BCUT2D eigenvalue weighted by Gasteiger charge is -2.14. The Morgan fingerprint density at radius 2 is 1.88 bits per heavy atom. The van der Waals surface area contributed by atoms with Crippen LogP contribution in [-0.2, 0) is 17.4 Å². The zero-order chi connectivity index (χ0) is 19.3. The molecule has 0 aliphatic rings. The number of alkyl halides is 3. The van der Waals surface area contributed by atoms with Gasteiger partial charge in [-0.05, 0) is 18.9 Å². The van der Waals surface area contributed by atoms with E-state index in [9.17, 15) is 27.9 Å². The van der Waals surface area contributed by atoms with Crippen molar-refractivity contribution in [2.75, 3.05) is 6.54 Å². The quantitative estimate of drug-likeness (QED) is 0.818. The van der Waals surface area contributed by atoms with Gasteiger partial charge < -0.3 is 10.4 Å². The predicted molar refractivity (Wildman–Crippen MR) is 85.4 cm³/mol. The molecular weight excluding hydrogens is 351 g/mol. The molecule has 1 amide bonds. The Kier molecular flexibility index (Phi) is 5.91. The van der Waals surface area contributed by atoms with Gasteiger partial charge in [0.2, 0.25) is 5.82 Å². The second-order valence-electron chi connectivity index (χ2n) is 5.73. The Morgan fingerprint density at radius 1 is 1.23 bits per heavy atom. The van der Waals surface area contributed by atoms with Crippen LogP contribution in [0.3, 0.4) is 0 Å². The average Bonchev–Trinajstić information content (AvgIpc) is 2.57. The minimum Gasteiger partial charge on any atom is -0.481 e. The molecule has 0 radical (unpaired) electrons. The van der Waals surface area contributed by atoms with Crippen molar-refractivity contribution in [1.29, 1.82) is 0 Å². The Morgan fingerprint density at radius 3 is 2.42 bits per heavy atom. The molecule has 2 aromatic rings. The van der Waals surface area contributed by atoms with Crippen molar-refractivity contribution >= 4 is 11.9 Å². The van der Waals surface area contributed by atoms with Gasteiger partial charge in [-0.3, -0.25) is 9.59 Å². The molecule has 1 unspecified atom stereocenters. The van der Waals surface area contributed by atoms with Crippen LogP contribution >= 0.6 is 0 Å². The fraction of sp³-hybridized carbons (Fsp3) is 0.294. The maximum Gasteiger partial charge on any atom is 0.451 e. The number of carbonyl (C=O) groups is 2. The smallest absolute Gasteiger partial charge is 0.451 e. The summed E-state index contributed by atoms with van der Waals surface area (Å²) in [5.74, 6) is -4.06. The van der Waals surface area contributed by atoms with Gasteiger partial charge in [-0.25, -0.2) is 9.97 Å². The van der Waals surface area contributed by atoms with Gasteiger partial charge in [-0.2, -0.15) is 13.2 Å². The highest BCUT2D eigenvalue weighted by molar-refractivity contribution is 5.93. The van der Waals surface area contributed by atoms with Gasteiger partial charge >= 0.3 is 12.1 Å². The lowest BCUT2D eigenvalue weighted by atomic mass is 9.98. The maximum absolute atomic E-state index is 12.4. The molecule has 0 aliphatic carbocycles. The molecule has 0 saturated carbocycles. The lowest BCUT2D eigenvalue weighted by Crippen LogP contribution is -2.34. The maximum atomic E-state index is 12.4. The van der Waals surface area contributed by atoms with Gasteiger partial charge in [0.15, 0.2) is 0 Å². The Balaban J connectivity index is 2.00. The highest BCUT2D eigenvalue weighted by Gasteiger charge is 2.34. The number of hydrogen-bond acceptors (Lipinski definition) is 4. The molecule has 1 heterocycles. The summed E-state index contributed by atoms with van der Waals surface area (Å²) >= 11 is 0. The first-order valence-corrected chi connectivity index (χ1v) is 7.62. The average molecular weight is 367 g/mol. The van der Waals surface area contributed by atoms with E-state index in [0.717, 1.165) is 23.5 Å². The standard InChI is InChI=1S/C17H16F3N3O3/c1-10-3-2-4-11(5-10)6-12(15(25)26)7-21-14(24)13-8-22-16(23-9-13)17(18,19)20/h2-5,8-9,12H,6-7H2,1H3,(H,21,24)(H,25,26). The molecular formula is C17H16F3N3O3. The van der Waals surface area contributed by atoms with Crippen LogP contribution in [0.1, 0.15) is 27.3 Å². The Labute approximate surface area is 147 Å². The molecule has 6 nitrogen and oxygen atoms in total. The van der Waals surface area contributed by atoms with Gasteiger partial charge in [0.05, 0.1) is 11.5 Å². The lowest BCUT2D eigenvalue weighted by molar-refractivity contribution is -0.145. The molecule has 2 N–H and O–H groups in total. The van der Waals surface area contributed by atoms with Gasteiger partial charge in [0.1, 0.15) is 0 Å². The molecule has 0 fully saturated rings. The number of rotatable bonds is 6. The number of nitrogens with one attached hydrogen (secondary N) is 1. The van der Waals surface area contributed by atoms with E-state index in [4.69, 9.17) is 0 Å². The highest BCUT2D eigenvalue weighted by Crippen LogP contribution is 2.25. The van der Waals surface area contributed by atoms with Crippen LogP contribution in [0.5, 0.6) is 0 Å². The van der Waals surface area contributed by atoms with Crippen molar-refractivity contribution in [2.45, 2.75) is 19.5 Å². The van der Waals surface area contributed by atoms with Crippen LogP contribution in [-0.4, -0.2) is 33.5 Å². The minimum atomic E-state index is -4.70. The SMILES string of the molecule is Cc1cccc(CC(CNC(=O)c2cnc(C(F)(F)F)nc2)C(=O)O)c1. The number of carboxylic acids is 1. The number of aryl methyl sites for hydroxylation is 1. The van der Waals surface area contributed by atoms with Crippen molar-refractivity contribution in [3.63, 3.8) is 0 Å². The second kappa shape index (κ2) is 7.94. The topological polar surface area (TPSA) is 92.2 Å². The van der Waals surface area contributed by atoms with E-state index in [2.05, 4.69) is 15.3 Å². The summed E-state index contributed by atoms with van der Waals surface area (Å²) in [6, 6.07) is 7.32. The summed E-state index contributed by atoms with van der Waals surface area (Å²) in [7, 11) is 0. The Hall–Kier alpha value is -2.97. The summed E-state index contributed by atoms with van der Waals surface area (Å²) in [5, 5.41) is 11.7. The number of halogens is 3. The summed E-state index contributed by atoms with van der Waals surface area (Å²) < 4.78 is 37.2. The van der Waals surface area contributed by atoms with Crippen molar-refractivity contribution in [1.82, 2.24) is 15.3 Å². The first-order valence-electron chi connectivity index (χ1n) is 7.62. The Bertz CT molecular complexity index is 792. The third kappa shape index (κ3) is 5.27. The van der Waals surface area contributed by atoms with E-state index in [1.165, 1.54) is 0 Å². The third-order valence-corrected chi connectivity index (χ3v) is 3.59. The molecule has 0 spiro atoms. The molecule has 9 heteroatoms. The number of carbonyl (C=O) groups excluding carboxylic acids is 1. The third-order valence-electron chi connectivity index (χ3n) is 3.59. The molecule has 138 valence electrons. The van der Waals surface area contributed by atoms with E-state index < -0.39 is 29.8 Å². The summed E-state index contributed by atoms with van der Waals surface area (Å²) in [6.45, 7) is 1.70. The minimum absolute atomic E-state index is 0.177. The molecule has 0 aliphatic heterocycles. The van der Waals surface area contributed by atoms with Crippen molar-refractivity contribution in [3.05, 3.63) is 59.2 Å². The van der Waals surface area contributed by atoms with Crippen molar-refractivity contribution in [3.8, 4) is 0 Å². The van der Waals surface area contributed by atoms with Crippen LogP contribution in [0.4, 0.5) is 13.2 Å². The molecule has 0 saturated heterocycles. The number of aromatic nitrogens is 2. The largest absolute Gasteiger partial charge is 0.481 e. The van der Waals surface area contributed by atoms with Crippen LogP contribution in [0.2, 0.25) is 0 Å². The monoisotopic (exact) mass is 367 g/mol. The number of aliphatic carboxylic acids is 1.